The van der Waals surface area contributed by atoms with Crippen molar-refractivity contribution in [3.63, 3.8) is 0 Å². The molecule has 0 spiro atoms. The molecule has 4 heteroatoms. The number of ether oxygens (including phenoxy) is 1. The Labute approximate surface area is 121 Å². The van der Waals surface area contributed by atoms with Crippen molar-refractivity contribution in [3.8, 4) is 5.75 Å². The van der Waals surface area contributed by atoms with Gasteiger partial charge in [-0.3, -0.25) is 4.79 Å². The number of aryl methyl sites for hydroxylation is 2. The highest BCUT2D eigenvalue weighted by molar-refractivity contribution is 5.77. The van der Waals surface area contributed by atoms with Gasteiger partial charge in [-0.1, -0.05) is 12.1 Å². The molecule has 2 N–H and O–H groups in total. The van der Waals surface area contributed by atoms with Gasteiger partial charge >= 0.3 is 0 Å². The van der Waals surface area contributed by atoms with Crippen molar-refractivity contribution >= 4 is 5.91 Å². The number of amides is 1. The van der Waals surface area contributed by atoms with E-state index < -0.39 is 0 Å². The molecule has 1 aromatic carbocycles. The maximum absolute atomic E-state index is 11.2. The van der Waals surface area contributed by atoms with E-state index in [2.05, 4.69) is 43.5 Å². The zero-order valence-corrected chi connectivity index (χ0v) is 13.4. The van der Waals surface area contributed by atoms with Gasteiger partial charge in [0, 0.05) is 19.1 Å². The van der Waals surface area contributed by atoms with Gasteiger partial charge in [0.05, 0.1) is 0 Å². The summed E-state index contributed by atoms with van der Waals surface area (Å²) in [6.07, 6.45) is 0. The number of carbonyl (C=O) groups excluding carboxylic acids is 1. The van der Waals surface area contributed by atoms with Crippen LogP contribution < -0.4 is 15.4 Å². The van der Waals surface area contributed by atoms with E-state index in [4.69, 9.17) is 4.74 Å². The predicted octanol–water partition coefficient (Wildman–Crippen LogP) is 2.32. The van der Waals surface area contributed by atoms with Crippen LogP contribution in [0.1, 0.15) is 37.5 Å². The van der Waals surface area contributed by atoms with E-state index in [-0.39, 0.29) is 18.1 Å². The lowest BCUT2D eigenvalue weighted by Crippen LogP contribution is -2.35. The van der Waals surface area contributed by atoms with Crippen molar-refractivity contribution in [3.05, 3.63) is 28.8 Å². The molecule has 0 saturated carbocycles. The highest BCUT2D eigenvalue weighted by Gasteiger charge is 2.11. The van der Waals surface area contributed by atoms with Crippen molar-refractivity contribution in [2.75, 3.05) is 13.7 Å². The average Bonchev–Trinajstić information content (AvgIpc) is 2.34. The fourth-order valence-corrected chi connectivity index (χ4v) is 1.95. The molecule has 0 fully saturated rings. The molecule has 0 saturated heterocycles. The molecule has 0 aromatic heterocycles. The first kappa shape index (κ1) is 16.5. The first-order chi connectivity index (χ1) is 9.23. The van der Waals surface area contributed by atoms with E-state index in [1.807, 2.05) is 13.8 Å². The fourth-order valence-electron chi connectivity index (χ4n) is 1.95. The average molecular weight is 278 g/mol. The third-order valence-electron chi connectivity index (χ3n) is 2.97. The minimum absolute atomic E-state index is 0.0533. The van der Waals surface area contributed by atoms with Gasteiger partial charge in [-0.2, -0.15) is 0 Å². The third-order valence-corrected chi connectivity index (χ3v) is 2.97. The van der Waals surface area contributed by atoms with Crippen LogP contribution in [-0.2, 0) is 11.3 Å². The van der Waals surface area contributed by atoms with E-state index in [1.54, 1.807) is 7.05 Å². The smallest absolute Gasteiger partial charge is 0.257 e. The summed E-state index contributed by atoms with van der Waals surface area (Å²) in [6, 6.07) is 4.20. The van der Waals surface area contributed by atoms with E-state index in [1.165, 1.54) is 5.56 Å². The Kier molecular flexibility index (Phi) is 5.57. The Bertz CT molecular complexity index is 453. The Hall–Kier alpha value is -1.55. The number of benzene rings is 1. The van der Waals surface area contributed by atoms with Crippen LogP contribution >= 0.6 is 0 Å². The Morgan fingerprint density at radius 1 is 1.20 bits per heavy atom. The maximum Gasteiger partial charge on any atom is 0.257 e. The number of nitrogens with one attached hydrogen (secondary N) is 2. The SMILES string of the molecule is CNC(=O)COc1c(C)cc(CNC(C)(C)C)cc1C. The molecule has 112 valence electrons. The Morgan fingerprint density at radius 3 is 2.20 bits per heavy atom. The molecule has 0 aliphatic heterocycles. The van der Waals surface area contributed by atoms with Gasteiger partial charge in [-0.25, -0.2) is 0 Å². The lowest BCUT2D eigenvalue weighted by molar-refractivity contribution is -0.122. The van der Waals surface area contributed by atoms with Gasteiger partial charge in [0.15, 0.2) is 6.61 Å². The summed E-state index contributed by atoms with van der Waals surface area (Å²) < 4.78 is 5.59. The molecule has 0 aliphatic carbocycles. The van der Waals surface area contributed by atoms with Crippen LogP contribution in [0.25, 0.3) is 0 Å². The quantitative estimate of drug-likeness (QED) is 0.869. The van der Waals surface area contributed by atoms with Crippen molar-refractivity contribution in [2.24, 2.45) is 0 Å². The first-order valence-electron chi connectivity index (χ1n) is 6.91. The summed E-state index contributed by atoms with van der Waals surface area (Å²) in [4.78, 5) is 11.2. The molecule has 0 aliphatic rings. The highest BCUT2D eigenvalue weighted by Crippen LogP contribution is 2.25. The highest BCUT2D eigenvalue weighted by atomic mass is 16.5. The van der Waals surface area contributed by atoms with Crippen LogP contribution in [0.15, 0.2) is 12.1 Å². The largest absolute Gasteiger partial charge is 0.483 e. The van der Waals surface area contributed by atoms with E-state index in [0.29, 0.717) is 0 Å². The molecular formula is C16H26N2O2. The van der Waals surface area contributed by atoms with Gasteiger partial charge in [-0.05, 0) is 51.3 Å². The zero-order chi connectivity index (χ0) is 15.3. The third kappa shape index (κ3) is 5.21. The second-order valence-corrected chi connectivity index (χ2v) is 6.12. The normalized spacial score (nSPS) is 11.3. The van der Waals surface area contributed by atoms with Crippen LogP contribution in [-0.4, -0.2) is 25.1 Å². The van der Waals surface area contributed by atoms with Gasteiger partial charge in [0.1, 0.15) is 5.75 Å². The lowest BCUT2D eigenvalue weighted by Gasteiger charge is -2.21. The topological polar surface area (TPSA) is 50.4 Å². The number of rotatable bonds is 5. The fraction of sp³-hybridized carbons (Fsp3) is 0.562. The van der Waals surface area contributed by atoms with Crippen molar-refractivity contribution in [1.82, 2.24) is 10.6 Å². The molecule has 20 heavy (non-hydrogen) atoms. The first-order valence-corrected chi connectivity index (χ1v) is 6.91. The molecule has 0 atom stereocenters. The van der Waals surface area contributed by atoms with Crippen LogP contribution in [0.4, 0.5) is 0 Å². The van der Waals surface area contributed by atoms with E-state index in [0.717, 1.165) is 23.4 Å². The maximum atomic E-state index is 11.2. The van der Waals surface area contributed by atoms with Crippen molar-refractivity contribution in [1.29, 1.82) is 0 Å². The van der Waals surface area contributed by atoms with Gasteiger partial charge in [0.25, 0.3) is 5.91 Å². The van der Waals surface area contributed by atoms with Gasteiger partial charge < -0.3 is 15.4 Å². The predicted molar refractivity (Wildman–Crippen MR) is 82.1 cm³/mol. The Morgan fingerprint density at radius 2 is 1.75 bits per heavy atom. The minimum atomic E-state index is -0.123. The lowest BCUT2D eigenvalue weighted by atomic mass is 10.0. The molecule has 0 bridgehead atoms. The van der Waals surface area contributed by atoms with E-state index in [9.17, 15) is 4.79 Å². The molecule has 0 unspecified atom stereocenters. The standard InChI is InChI=1S/C16H26N2O2/c1-11-7-13(9-18-16(3,4)5)8-12(2)15(11)20-10-14(19)17-6/h7-8,18H,9-10H2,1-6H3,(H,17,19). The second kappa shape index (κ2) is 6.75. The minimum Gasteiger partial charge on any atom is -0.483 e. The number of likely N-dealkylation sites (N-methyl/N-ethyl adjacent to an activating group) is 1. The molecule has 0 radical (unpaired) electrons. The zero-order valence-electron chi connectivity index (χ0n) is 13.4. The summed E-state index contributed by atoms with van der Waals surface area (Å²) in [6.45, 7) is 11.3. The summed E-state index contributed by atoms with van der Waals surface area (Å²) in [5.74, 6) is 0.676. The van der Waals surface area contributed by atoms with E-state index >= 15 is 0 Å². The number of carbonyl (C=O) groups is 1. The Balaban J connectivity index is 2.78. The van der Waals surface area contributed by atoms with Gasteiger partial charge in [-0.15, -0.1) is 0 Å². The number of hydrogen-bond acceptors (Lipinski definition) is 3. The summed E-state index contributed by atoms with van der Waals surface area (Å²) >= 11 is 0. The second-order valence-electron chi connectivity index (χ2n) is 6.12. The summed E-state index contributed by atoms with van der Waals surface area (Å²) in [5.41, 5.74) is 3.43. The van der Waals surface area contributed by atoms with Crippen molar-refractivity contribution < 1.29 is 9.53 Å². The summed E-state index contributed by atoms with van der Waals surface area (Å²) in [5, 5.41) is 6.01. The summed E-state index contributed by atoms with van der Waals surface area (Å²) in [7, 11) is 1.60. The molecule has 4 nitrogen and oxygen atoms in total. The number of hydrogen-bond donors (Lipinski definition) is 2. The molecule has 1 aromatic rings. The van der Waals surface area contributed by atoms with Crippen LogP contribution in [0.3, 0.4) is 0 Å². The van der Waals surface area contributed by atoms with Crippen LogP contribution in [0.5, 0.6) is 5.75 Å². The van der Waals surface area contributed by atoms with Gasteiger partial charge in [0.2, 0.25) is 0 Å². The molecule has 1 amide bonds. The molecular weight excluding hydrogens is 252 g/mol. The van der Waals surface area contributed by atoms with Crippen LogP contribution in [0.2, 0.25) is 0 Å². The monoisotopic (exact) mass is 278 g/mol. The van der Waals surface area contributed by atoms with Crippen molar-refractivity contribution in [2.45, 2.75) is 46.7 Å². The molecule has 1 rings (SSSR count). The molecule has 0 heterocycles. The van der Waals surface area contributed by atoms with Crippen LogP contribution in [0, 0.1) is 13.8 Å².